The molecule has 0 saturated carbocycles. The maximum atomic E-state index is 11.1. The van der Waals surface area contributed by atoms with Crippen molar-refractivity contribution in [3.63, 3.8) is 0 Å². The summed E-state index contributed by atoms with van der Waals surface area (Å²) in [6.07, 6.45) is 2.11. The molecule has 1 atom stereocenters. The van der Waals surface area contributed by atoms with Crippen LogP contribution < -0.4 is 16.0 Å². The molecule has 0 spiro atoms. The van der Waals surface area contributed by atoms with E-state index < -0.39 is 5.91 Å². The Labute approximate surface area is 138 Å². The van der Waals surface area contributed by atoms with Crippen LogP contribution in [0, 0.1) is 0 Å². The van der Waals surface area contributed by atoms with Gasteiger partial charge in [0.15, 0.2) is 0 Å². The van der Waals surface area contributed by atoms with Gasteiger partial charge in [-0.25, -0.2) is 5.48 Å². The van der Waals surface area contributed by atoms with Crippen molar-refractivity contribution in [3.05, 3.63) is 46.4 Å². The van der Waals surface area contributed by atoms with Gasteiger partial charge in [-0.1, -0.05) is 19.1 Å². The Kier molecular flexibility index (Phi) is 7.72. The van der Waals surface area contributed by atoms with Crippen molar-refractivity contribution in [2.75, 3.05) is 7.11 Å². The van der Waals surface area contributed by atoms with E-state index in [1.165, 1.54) is 28.5 Å². The quantitative estimate of drug-likeness (QED) is 0.570. The number of benzene rings is 1. The standard InChI is InChI=1S/C11H15NO2.C4H4N2O2S/c1-3-10(11(12)13)8-4-6-9(14-2)7-5-8;7-4(6-8)3-1-5-2-9-3/h4-7,10H,3H2,1-2H3,(H2,12,13);1-2,8H,(H,6,7). The Morgan fingerprint density at radius 2 is 2.04 bits per heavy atom. The zero-order valence-electron chi connectivity index (χ0n) is 12.9. The maximum absolute atomic E-state index is 11.1. The molecule has 1 unspecified atom stereocenters. The highest BCUT2D eigenvalue weighted by atomic mass is 32.1. The predicted octanol–water partition coefficient (Wildman–Crippen LogP) is 1.94. The molecule has 7 nitrogen and oxygen atoms in total. The highest BCUT2D eigenvalue weighted by Gasteiger charge is 2.14. The molecule has 0 radical (unpaired) electrons. The number of methoxy groups -OCH3 is 1. The van der Waals surface area contributed by atoms with Crippen LogP contribution in [0.4, 0.5) is 0 Å². The number of amides is 2. The van der Waals surface area contributed by atoms with E-state index in [0.29, 0.717) is 4.88 Å². The van der Waals surface area contributed by atoms with Crippen molar-refractivity contribution in [1.82, 2.24) is 10.5 Å². The lowest BCUT2D eigenvalue weighted by Gasteiger charge is -2.11. The van der Waals surface area contributed by atoms with Crippen LogP contribution in [-0.4, -0.2) is 29.1 Å². The highest BCUT2D eigenvalue weighted by Crippen LogP contribution is 2.21. The number of hydrogen-bond donors (Lipinski definition) is 3. The summed E-state index contributed by atoms with van der Waals surface area (Å²) in [5, 5.41) is 8.09. The number of thiazole rings is 1. The molecule has 2 amide bonds. The van der Waals surface area contributed by atoms with Crippen LogP contribution in [0.5, 0.6) is 5.75 Å². The first-order valence-corrected chi connectivity index (χ1v) is 7.67. The van der Waals surface area contributed by atoms with Crippen LogP contribution >= 0.6 is 11.3 Å². The van der Waals surface area contributed by atoms with Crippen LogP contribution in [0.25, 0.3) is 0 Å². The van der Waals surface area contributed by atoms with E-state index >= 15 is 0 Å². The first kappa shape index (κ1) is 18.6. The zero-order chi connectivity index (χ0) is 17.2. The number of carbonyl (C=O) groups excluding carboxylic acids is 2. The Hall–Kier alpha value is -2.45. The molecule has 0 bridgehead atoms. The summed E-state index contributed by atoms with van der Waals surface area (Å²) >= 11 is 1.17. The second-order valence-corrected chi connectivity index (χ2v) is 5.33. The number of nitrogens with zero attached hydrogens (tertiary/aromatic N) is 1. The number of nitrogens with one attached hydrogen (secondary N) is 1. The number of primary amides is 1. The lowest BCUT2D eigenvalue weighted by Crippen LogP contribution is -2.20. The summed E-state index contributed by atoms with van der Waals surface area (Å²) in [5.74, 6) is -0.204. The fraction of sp³-hybridized carbons (Fsp3) is 0.267. The molecule has 0 aliphatic rings. The fourth-order valence-corrected chi connectivity index (χ4v) is 2.33. The summed E-state index contributed by atoms with van der Waals surface area (Å²) in [6.45, 7) is 1.94. The van der Waals surface area contributed by atoms with Gasteiger partial charge in [0.05, 0.1) is 24.7 Å². The maximum Gasteiger partial charge on any atom is 0.286 e. The molecule has 23 heavy (non-hydrogen) atoms. The van der Waals surface area contributed by atoms with Crippen molar-refractivity contribution in [1.29, 1.82) is 0 Å². The summed E-state index contributed by atoms with van der Waals surface area (Å²) in [7, 11) is 1.61. The smallest absolute Gasteiger partial charge is 0.286 e. The SMILES string of the molecule is CCC(C(N)=O)c1ccc(OC)cc1.O=C(NO)c1cncs1. The number of aromatic nitrogens is 1. The van der Waals surface area contributed by atoms with Crippen molar-refractivity contribution in [2.24, 2.45) is 5.73 Å². The minimum absolute atomic E-state index is 0.194. The monoisotopic (exact) mass is 337 g/mol. The van der Waals surface area contributed by atoms with Crippen LogP contribution in [0.15, 0.2) is 36.0 Å². The number of carbonyl (C=O) groups is 2. The molecular weight excluding hydrogens is 318 g/mol. The first-order valence-electron chi connectivity index (χ1n) is 6.79. The third kappa shape index (κ3) is 5.68. The number of nitrogens with two attached hydrogens (primary N) is 1. The van der Waals surface area contributed by atoms with Gasteiger partial charge in [0, 0.05) is 0 Å². The highest BCUT2D eigenvalue weighted by molar-refractivity contribution is 7.11. The second kappa shape index (κ2) is 9.54. The van der Waals surface area contributed by atoms with Crippen LogP contribution in [-0.2, 0) is 4.79 Å². The Morgan fingerprint density at radius 1 is 1.39 bits per heavy atom. The van der Waals surface area contributed by atoms with Gasteiger partial charge < -0.3 is 10.5 Å². The number of hydrogen-bond acceptors (Lipinski definition) is 6. The largest absolute Gasteiger partial charge is 0.497 e. The molecule has 124 valence electrons. The lowest BCUT2D eigenvalue weighted by molar-refractivity contribution is -0.119. The van der Waals surface area contributed by atoms with Gasteiger partial charge in [-0.3, -0.25) is 19.8 Å². The van der Waals surface area contributed by atoms with Crippen molar-refractivity contribution >= 4 is 23.2 Å². The molecule has 2 aromatic rings. The summed E-state index contributed by atoms with van der Waals surface area (Å²) in [6, 6.07) is 7.41. The normalized spacial score (nSPS) is 10.9. The van der Waals surface area contributed by atoms with Gasteiger partial charge in [-0.2, -0.15) is 0 Å². The molecular formula is C15H19N3O4S. The van der Waals surface area contributed by atoms with Gasteiger partial charge in [0.25, 0.3) is 5.91 Å². The number of hydroxylamine groups is 1. The molecule has 2 rings (SSSR count). The number of ether oxygens (including phenoxy) is 1. The predicted molar refractivity (Wildman–Crippen MR) is 86.6 cm³/mol. The topological polar surface area (TPSA) is 115 Å². The molecule has 0 aliphatic carbocycles. The van der Waals surface area contributed by atoms with Crippen molar-refractivity contribution < 1.29 is 19.5 Å². The minimum Gasteiger partial charge on any atom is -0.497 e. The average molecular weight is 337 g/mol. The van der Waals surface area contributed by atoms with E-state index in [0.717, 1.165) is 17.7 Å². The van der Waals surface area contributed by atoms with Gasteiger partial charge in [-0.05, 0) is 24.1 Å². The van der Waals surface area contributed by atoms with Gasteiger partial charge >= 0.3 is 0 Å². The van der Waals surface area contributed by atoms with Crippen molar-refractivity contribution in [2.45, 2.75) is 19.3 Å². The van der Waals surface area contributed by atoms with Gasteiger partial charge in [0.1, 0.15) is 10.6 Å². The summed E-state index contributed by atoms with van der Waals surface area (Å²) in [5.41, 5.74) is 9.24. The summed E-state index contributed by atoms with van der Waals surface area (Å²) < 4.78 is 5.03. The molecule has 1 aromatic heterocycles. The Balaban J connectivity index is 0.000000253. The Morgan fingerprint density at radius 3 is 2.43 bits per heavy atom. The van der Waals surface area contributed by atoms with E-state index in [1.54, 1.807) is 7.11 Å². The molecule has 1 aromatic carbocycles. The fourth-order valence-electron chi connectivity index (χ4n) is 1.82. The minimum atomic E-state index is -0.516. The third-order valence-electron chi connectivity index (χ3n) is 3.03. The Bertz CT molecular complexity index is 614. The van der Waals surface area contributed by atoms with Crippen LogP contribution in [0.2, 0.25) is 0 Å². The third-order valence-corrected chi connectivity index (χ3v) is 3.80. The van der Waals surface area contributed by atoms with Crippen LogP contribution in [0.1, 0.15) is 34.5 Å². The van der Waals surface area contributed by atoms with E-state index in [2.05, 4.69) is 4.98 Å². The van der Waals surface area contributed by atoms with Gasteiger partial charge in [0.2, 0.25) is 5.91 Å². The van der Waals surface area contributed by atoms with Gasteiger partial charge in [-0.15, -0.1) is 11.3 Å². The van der Waals surface area contributed by atoms with E-state index in [4.69, 9.17) is 15.7 Å². The molecule has 0 aliphatic heterocycles. The summed E-state index contributed by atoms with van der Waals surface area (Å²) in [4.78, 5) is 25.6. The van der Waals surface area contributed by atoms with Crippen molar-refractivity contribution in [3.8, 4) is 5.75 Å². The molecule has 0 saturated heterocycles. The van der Waals surface area contributed by atoms with Crippen LogP contribution in [0.3, 0.4) is 0 Å². The lowest BCUT2D eigenvalue weighted by atomic mass is 9.96. The number of rotatable bonds is 5. The van der Waals surface area contributed by atoms with E-state index in [1.807, 2.05) is 31.2 Å². The van der Waals surface area contributed by atoms with E-state index in [9.17, 15) is 9.59 Å². The molecule has 8 heteroatoms. The zero-order valence-corrected chi connectivity index (χ0v) is 13.7. The molecule has 4 N–H and O–H groups in total. The molecule has 0 fully saturated rings. The second-order valence-electron chi connectivity index (χ2n) is 4.44. The van der Waals surface area contributed by atoms with E-state index in [-0.39, 0.29) is 11.8 Å². The first-order chi connectivity index (χ1) is 11.0. The molecule has 1 heterocycles. The average Bonchev–Trinajstić information content (AvgIpc) is 3.10.